The van der Waals surface area contributed by atoms with E-state index < -0.39 is 0 Å². The largest absolute Gasteiger partial charge is 0.357 e. The molecule has 0 bridgehead atoms. The molecule has 0 spiro atoms. The van der Waals surface area contributed by atoms with Crippen LogP contribution in [0.1, 0.15) is 38.3 Å². The molecule has 0 amide bonds. The molecular formula is C21H35IN6. The quantitative estimate of drug-likeness (QED) is 0.216. The minimum Gasteiger partial charge on any atom is -0.357 e. The molecule has 0 radical (unpaired) electrons. The molecule has 6 nitrogen and oxygen atoms in total. The van der Waals surface area contributed by atoms with Crippen molar-refractivity contribution in [2.75, 3.05) is 26.2 Å². The van der Waals surface area contributed by atoms with Gasteiger partial charge in [0.1, 0.15) is 0 Å². The van der Waals surface area contributed by atoms with Crippen molar-refractivity contribution in [2.24, 2.45) is 4.99 Å². The third-order valence-corrected chi connectivity index (χ3v) is 4.47. The van der Waals surface area contributed by atoms with Gasteiger partial charge in [-0.3, -0.25) is 9.58 Å². The maximum atomic E-state index is 4.74. The van der Waals surface area contributed by atoms with Crippen molar-refractivity contribution in [1.82, 2.24) is 25.3 Å². The van der Waals surface area contributed by atoms with E-state index in [9.17, 15) is 0 Å². The van der Waals surface area contributed by atoms with Gasteiger partial charge in [-0.05, 0) is 43.6 Å². The van der Waals surface area contributed by atoms with Crippen LogP contribution >= 0.6 is 24.0 Å². The minimum absolute atomic E-state index is 0. The molecule has 2 rings (SSSR count). The van der Waals surface area contributed by atoms with Gasteiger partial charge in [0.25, 0.3) is 0 Å². The Morgan fingerprint density at radius 3 is 2.57 bits per heavy atom. The fourth-order valence-corrected chi connectivity index (χ4v) is 2.92. The maximum Gasteiger partial charge on any atom is 0.191 e. The van der Waals surface area contributed by atoms with Crippen LogP contribution in [-0.2, 0) is 19.6 Å². The van der Waals surface area contributed by atoms with Crippen molar-refractivity contribution < 1.29 is 0 Å². The fourth-order valence-electron chi connectivity index (χ4n) is 2.92. The zero-order valence-corrected chi connectivity index (χ0v) is 19.7. The number of aromatic nitrogens is 2. The number of halogens is 1. The lowest BCUT2D eigenvalue weighted by atomic mass is 10.1. The Labute approximate surface area is 186 Å². The highest BCUT2D eigenvalue weighted by molar-refractivity contribution is 14.0. The third kappa shape index (κ3) is 9.05. The Bertz CT molecular complexity index is 667. The third-order valence-electron chi connectivity index (χ3n) is 4.47. The number of nitrogens with one attached hydrogen (secondary N) is 2. The van der Waals surface area contributed by atoms with Crippen LogP contribution < -0.4 is 10.6 Å². The van der Waals surface area contributed by atoms with Gasteiger partial charge in [0.2, 0.25) is 0 Å². The van der Waals surface area contributed by atoms with Crippen molar-refractivity contribution >= 4 is 29.9 Å². The van der Waals surface area contributed by atoms with Gasteiger partial charge < -0.3 is 10.6 Å². The van der Waals surface area contributed by atoms with E-state index >= 15 is 0 Å². The number of rotatable bonds is 11. The maximum absolute atomic E-state index is 4.74. The summed E-state index contributed by atoms with van der Waals surface area (Å²) in [6.07, 6.45) is 4.81. The molecule has 0 fully saturated rings. The standard InChI is InChI=1S/C21H34N6.HI/c1-4-22-21(23-12-8-14-27-15-9-13-25-27)24-17-19-10-7-11-20(16-19)18-26(5-2)6-3;/h7,9-11,13,15-16H,4-6,8,12,14,17-18H2,1-3H3,(H2,22,23,24);1H. The van der Waals surface area contributed by atoms with E-state index in [1.165, 1.54) is 11.1 Å². The van der Waals surface area contributed by atoms with E-state index in [0.717, 1.165) is 51.6 Å². The molecule has 28 heavy (non-hydrogen) atoms. The van der Waals surface area contributed by atoms with Crippen molar-refractivity contribution in [3.05, 3.63) is 53.9 Å². The topological polar surface area (TPSA) is 57.5 Å². The highest BCUT2D eigenvalue weighted by Gasteiger charge is 2.03. The van der Waals surface area contributed by atoms with Crippen LogP contribution in [0.25, 0.3) is 0 Å². The summed E-state index contributed by atoms with van der Waals surface area (Å²) in [6.45, 7) is 13.0. The second kappa shape index (κ2) is 14.4. The van der Waals surface area contributed by atoms with E-state index in [1.54, 1.807) is 0 Å². The van der Waals surface area contributed by atoms with E-state index in [1.807, 2.05) is 23.1 Å². The summed E-state index contributed by atoms with van der Waals surface area (Å²) in [5.41, 5.74) is 2.59. The van der Waals surface area contributed by atoms with E-state index in [-0.39, 0.29) is 24.0 Å². The van der Waals surface area contributed by atoms with Gasteiger partial charge in [-0.1, -0.05) is 38.1 Å². The fraction of sp³-hybridized carbons (Fsp3) is 0.524. The van der Waals surface area contributed by atoms with Crippen molar-refractivity contribution in [2.45, 2.75) is 46.8 Å². The Balaban J connectivity index is 0.00000392. The number of aliphatic imine (C=N–C) groups is 1. The zero-order valence-electron chi connectivity index (χ0n) is 17.4. The first-order chi connectivity index (χ1) is 13.2. The second-order valence-electron chi connectivity index (χ2n) is 6.53. The molecule has 1 aromatic heterocycles. The van der Waals surface area contributed by atoms with Crippen LogP contribution in [0, 0.1) is 0 Å². The van der Waals surface area contributed by atoms with Gasteiger partial charge in [-0.15, -0.1) is 24.0 Å². The van der Waals surface area contributed by atoms with Gasteiger partial charge in [-0.25, -0.2) is 4.99 Å². The molecule has 2 aromatic rings. The molecule has 0 aliphatic heterocycles. The highest BCUT2D eigenvalue weighted by atomic mass is 127. The average molecular weight is 498 g/mol. The summed E-state index contributed by atoms with van der Waals surface area (Å²) in [7, 11) is 0. The normalized spacial score (nSPS) is 11.4. The summed E-state index contributed by atoms with van der Waals surface area (Å²) in [5, 5.41) is 11.0. The number of nitrogens with zero attached hydrogens (tertiary/aromatic N) is 4. The predicted molar refractivity (Wildman–Crippen MR) is 128 cm³/mol. The van der Waals surface area contributed by atoms with Crippen LogP contribution in [0.2, 0.25) is 0 Å². The van der Waals surface area contributed by atoms with Crippen LogP contribution in [-0.4, -0.2) is 46.8 Å². The number of aryl methyl sites for hydroxylation is 1. The SMILES string of the molecule is CCNC(=NCc1cccc(CN(CC)CC)c1)NCCCn1cccn1.I. The Kier molecular flexibility index (Phi) is 12.6. The predicted octanol–water partition coefficient (Wildman–Crippen LogP) is 3.49. The molecule has 1 aromatic carbocycles. The van der Waals surface area contributed by atoms with Crippen LogP contribution in [0.15, 0.2) is 47.7 Å². The molecule has 2 N–H and O–H groups in total. The zero-order chi connectivity index (χ0) is 19.3. The lowest BCUT2D eigenvalue weighted by molar-refractivity contribution is 0.296. The number of benzene rings is 1. The van der Waals surface area contributed by atoms with E-state index in [0.29, 0.717) is 6.54 Å². The van der Waals surface area contributed by atoms with Gasteiger partial charge in [0.05, 0.1) is 6.54 Å². The molecule has 0 aliphatic carbocycles. The lowest BCUT2D eigenvalue weighted by Crippen LogP contribution is -2.38. The number of hydrogen-bond donors (Lipinski definition) is 2. The van der Waals surface area contributed by atoms with Gasteiger partial charge in [0, 0.05) is 38.6 Å². The summed E-state index contributed by atoms with van der Waals surface area (Å²) in [4.78, 5) is 7.16. The first kappa shape index (κ1) is 24.4. The van der Waals surface area contributed by atoms with Gasteiger partial charge in [-0.2, -0.15) is 5.10 Å². The van der Waals surface area contributed by atoms with E-state index in [4.69, 9.17) is 4.99 Å². The molecule has 0 atom stereocenters. The van der Waals surface area contributed by atoms with Gasteiger partial charge >= 0.3 is 0 Å². The van der Waals surface area contributed by atoms with Crippen molar-refractivity contribution in [3.8, 4) is 0 Å². The monoisotopic (exact) mass is 498 g/mol. The van der Waals surface area contributed by atoms with Crippen molar-refractivity contribution in [1.29, 1.82) is 0 Å². The number of hydrogen-bond acceptors (Lipinski definition) is 3. The molecular weight excluding hydrogens is 463 g/mol. The average Bonchev–Trinajstić information content (AvgIpc) is 3.21. The van der Waals surface area contributed by atoms with Crippen LogP contribution in [0.3, 0.4) is 0 Å². The molecule has 0 unspecified atom stereocenters. The molecule has 156 valence electrons. The van der Waals surface area contributed by atoms with Crippen LogP contribution in [0.5, 0.6) is 0 Å². The Morgan fingerprint density at radius 2 is 1.89 bits per heavy atom. The molecule has 0 saturated heterocycles. The van der Waals surface area contributed by atoms with E-state index in [2.05, 4.69) is 65.7 Å². The second-order valence-corrected chi connectivity index (χ2v) is 6.53. The molecule has 7 heteroatoms. The van der Waals surface area contributed by atoms with Crippen molar-refractivity contribution in [3.63, 3.8) is 0 Å². The minimum atomic E-state index is 0. The summed E-state index contributed by atoms with van der Waals surface area (Å²) < 4.78 is 1.95. The first-order valence-corrected chi connectivity index (χ1v) is 10.0. The Hall–Kier alpha value is -1.61. The van der Waals surface area contributed by atoms with Crippen LogP contribution in [0.4, 0.5) is 0 Å². The molecule has 0 aliphatic rings. The highest BCUT2D eigenvalue weighted by Crippen LogP contribution is 2.09. The smallest absolute Gasteiger partial charge is 0.191 e. The Morgan fingerprint density at radius 1 is 1.11 bits per heavy atom. The summed E-state index contributed by atoms with van der Waals surface area (Å²) >= 11 is 0. The summed E-state index contributed by atoms with van der Waals surface area (Å²) in [6, 6.07) is 10.7. The van der Waals surface area contributed by atoms with Gasteiger partial charge in [0.15, 0.2) is 5.96 Å². The number of guanidine groups is 1. The summed E-state index contributed by atoms with van der Waals surface area (Å²) in [5.74, 6) is 0.868. The first-order valence-electron chi connectivity index (χ1n) is 10.0. The lowest BCUT2D eigenvalue weighted by Gasteiger charge is -2.18. The molecule has 0 saturated carbocycles. The molecule has 1 heterocycles.